The van der Waals surface area contributed by atoms with Gasteiger partial charge in [0.1, 0.15) is 12.4 Å². The third-order valence-electron chi connectivity index (χ3n) is 2.08. The quantitative estimate of drug-likeness (QED) is 0.747. The molecule has 0 aliphatic carbocycles. The van der Waals surface area contributed by atoms with Crippen LogP contribution in [0.2, 0.25) is 0 Å². The van der Waals surface area contributed by atoms with E-state index in [1.165, 1.54) is 12.5 Å². The van der Waals surface area contributed by atoms with Gasteiger partial charge in [0.15, 0.2) is 0 Å². The normalized spacial score (nSPS) is 9.73. The lowest BCUT2D eigenvalue weighted by molar-refractivity contribution is -0.119. The largest absolute Gasteiger partial charge is 0.492 e. The van der Waals surface area contributed by atoms with Gasteiger partial charge in [-0.3, -0.25) is 4.79 Å². The Kier molecular flexibility index (Phi) is 4.68. The lowest BCUT2D eigenvalue weighted by Gasteiger charge is -2.06. The Bertz CT molecular complexity index is 306. The molecule has 0 radical (unpaired) electrons. The van der Waals surface area contributed by atoms with Crippen LogP contribution in [-0.4, -0.2) is 19.1 Å². The van der Waals surface area contributed by atoms with Gasteiger partial charge in [-0.2, -0.15) is 0 Å². The minimum Gasteiger partial charge on any atom is -0.492 e. The van der Waals surface area contributed by atoms with Crippen molar-refractivity contribution in [2.75, 3.05) is 13.2 Å². The Morgan fingerprint density at radius 2 is 2.00 bits per heavy atom. The van der Waals surface area contributed by atoms with Crippen LogP contribution in [0.4, 0.5) is 0 Å². The molecule has 0 bridgehead atoms. The van der Waals surface area contributed by atoms with Gasteiger partial charge in [-0.05, 0) is 24.1 Å². The number of hydrogen-bond donors (Lipinski definition) is 1. The zero-order chi connectivity index (χ0) is 11.1. The van der Waals surface area contributed by atoms with Gasteiger partial charge in [-0.25, -0.2) is 0 Å². The minimum absolute atomic E-state index is 0.0278. The average Bonchev–Trinajstić information content (AvgIpc) is 2.25. The Balaban J connectivity index is 2.28. The van der Waals surface area contributed by atoms with Crippen LogP contribution in [-0.2, 0) is 11.2 Å². The van der Waals surface area contributed by atoms with Crippen molar-refractivity contribution in [1.29, 1.82) is 0 Å². The Labute approximate surface area is 90.4 Å². The number of rotatable bonds is 5. The molecular weight excluding hydrogens is 190 g/mol. The van der Waals surface area contributed by atoms with E-state index >= 15 is 0 Å². The maximum atomic E-state index is 10.6. The van der Waals surface area contributed by atoms with Gasteiger partial charge in [0.05, 0.1) is 6.54 Å². The van der Waals surface area contributed by atoms with Gasteiger partial charge in [-0.15, -0.1) is 0 Å². The molecule has 1 amide bonds. The van der Waals surface area contributed by atoms with E-state index in [2.05, 4.69) is 12.2 Å². The van der Waals surface area contributed by atoms with Crippen molar-refractivity contribution in [3.63, 3.8) is 0 Å². The highest BCUT2D eigenvalue weighted by Crippen LogP contribution is 2.11. The molecule has 3 nitrogen and oxygen atoms in total. The number of amides is 1. The molecule has 0 saturated carbocycles. The lowest BCUT2D eigenvalue weighted by Crippen LogP contribution is -2.25. The van der Waals surface area contributed by atoms with Crippen LogP contribution in [0.5, 0.6) is 5.75 Å². The second-order valence-corrected chi connectivity index (χ2v) is 3.33. The molecule has 0 fully saturated rings. The van der Waals surface area contributed by atoms with E-state index < -0.39 is 0 Å². The van der Waals surface area contributed by atoms with Crippen molar-refractivity contribution in [1.82, 2.24) is 5.32 Å². The van der Waals surface area contributed by atoms with Crippen molar-refractivity contribution < 1.29 is 9.53 Å². The molecule has 15 heavy (non-hydrogen) atoms. The fourth-order valence-corrected chi connectivity index (χ4v) is 1.22. The molecule has 0 unspecified atom stereocenters. The van der Waals surface area contributed by atoms with Crippen molar-refractivity contribution in [3.05, 3.63) is 29.8 Å². The monoisotopic (exact) mass is 207 g/mol. The summed E-state index contributed by atoms with van der Waals surface area (Å²) in [4.78, 5) is 10.6. The van der Waals surface area contributed by atoms with Crippen LogP contribution >= 0.6 is 0 Å². The second-order valence-electron chi connectivity index (χ2n) is 3.33. The number of hydrogen-bond acceptors (Lipinski definition) is 2. The fourth-order valence-electron chi connectivity index (χ4n) is 1.22. The van der Waals surface area contributed by atoms with Crippen LogP contribution in [0.1, 0.15) is 19.4 Å². The van der Waals surface area contributed by atoms with Crippen LogP contribution in [0.3, 0.4) is 0 Å². The number of ether oxygens (including phenoxy) is 1. The van der Waals surface area contributed by atoms with Gasteiger partial charge in [0.2, 0.25) is 5.91 Å². The number of aryl methyl sites for hydroxylation is 1. The Morgan fingerprint density at radius 1 is 1.33 bits per heavy atom. The number of carbonyl (C=O) groups is 1. The molecule has 1 N–H and O–H groups in total. The first-order chi connectivity index (χ1) is 7.22. The Morgan fingerprint density at radius 3 is 2.53 bits per heavy atom. The van der Waals surface area contributed by atoms with Crippen molar-refractivity contribution in [2.24, 2.45) is 0 Å². The van der Waals surface area contributed by atoms with E-state index in [1.54, 1.807) is 0 Å². The van der Waals surface area contributed by atoms with Crippen LogP contribution < -0.4 is 10.1 Å². The molecular formula is C12H17NO2. The maximum absolute atomic E-state index is 10.6. The second kappa shape index (κ2) is 6.06. The molecule has 1 aromatic carbocycles. The van der Waals surface area contributed by atoms with E-state index in [0.717, 1.165) is 12.2 Å². The summed E-state index contributed by atoms with van der Waals surface area (Å²) in [7, 11) is 0. The molecule has 0 atom stereocenters. The van der Waals surface area contributed by atoms with Crippen molar-refractivity contribution in [3.8, 4) is 5.75 Å². The molecule has 0 spiro atoms. The molecule has 1 aromatic rings. The summed E-state index contributed by atoms with van der Waals surface area (Å²) >= 11 is 0. The fraction of sp³-hybridized carbons (Fsp3) is 0.417. The first-order valence-electron chi connectivity index (χ1n) is 5.18. The van der Waals surface area contributed by atoms with Crippen molar-refractivity contribution in [2.45, 2.75) is 20.3 Å². The first kappa shape index (κ1) is 11.6. The highest BCUT2D eigenvalue weighted by atomic mass is 16.5. The van der Waals surface area contributed by atoms with Crippen LogP contribution in [0.25, 0.3) is 0 Å². The molecule has 0 aromatic heterocycles. The molecule has 3 heteroatoms. The molecule has 0 aliphatic heterocycles. The first-order valence-corrected chi connectivity index (χ1v) is 5.18. The number of nitrogens with one attached hydrogen (secondary N) is 1. The van der Waals surface area contributed by atoms with Gasteiger partial charge >= 0.3 is 0 Å². The van der Waals surface area contributed by atoms with E-state index in [9.17, 15) is 4.79 Å². The summed E-state index contributed by atoms with van der Waals surface area (Å²) in [5.74, 6) is 0.817. The molecule has 82 valence electrons. The zero-order valence-corrected chi connectivity index (χ0v) is 9.25. The van der Waals surface area contributed by atoms with E-state index in [0.29, 0.717) is 13.2 Å². The standard InChI is InChI=1S/C12H17NO2/c1-3-11-4-6-12(7-5-11)15-9-8-13-10(2)14/h4-7H,3,8-9H2,1-2H3,(H,13,14). The maximum Gasteiger partial charge on any atom is 0.216 e. The predicted octanol–water partition coefficient (Wildman–Crippen LogP) is 1.76. The van der Waals surface area contributed by atoms with Crippen molar-refractivity contribution >= 4 is 5.91 Å². The number of benzene rings is 1. The highest BCUT2D eigenvalue weighted by molar-refractivity contribution is 5.72. The topological polar surface area (TPSA) is 38.3 Å². The van der Waals surface area contributed by atoms with Gasteiger partial charge in [-0.1, -0.05) is 19.1 Å². The van der Waals surface area contributed by atoms with Gasteiger partial charge in [0.25, 0.3) is 0 Å². The summed E-state index contributed by atoms with van der Waals surface area (Å²) in [6.07, 6.45) is 1.03. The van der Waals surface area contributed by atoms with E-state index in [1.807, 2.05) is 24.3 Å². The predicted molar refractivity (Wildman–Crippen MR) is 60.0 cm³/mol. The number of carbonyl (C=O) groups excluding carboxylic acids is 1. The van der Waals surface area contributed by atoms with E-state index in [-0.39, 0.29) is 5.91 Å². The molecule has 0 heterocycles. The smallest absolute Gasteiger partial charge is 0.216 e. The molecule has 1 rings (SSSR count). The summed E-state index contributed by atoms with van der Waals surface area (Å²) in [5.41, 5.74) is 1.30. The van der Waals surface area contributed by atoms with Gasteiger partial charge in [0, 0.05) is 6.92 Å². The molecule has 0 aliphatic rings. The third kappa shape index (κ3) is 4.49. The average molecular weight is 207 g/mol. The SMILES string of the molecule is CCc1ccc(OCCNC(C)=O)cc1. The zero-order valence-electron chi connectivity index (χ0n) is 9.25. The van der Waals surface area contributed by atoms with Crippen LogP contribution in [0.15, 0.2) is 24.3 Å². The highest BCUT2D eigenvalue weighted by Gasteiger charge is 1.94. The van der Waals surface area contributed by atoms with Crippen LogP contribution in [0, 0.1) is 0 Å². The summed E-state index contributed by atoms with van der Waals surface area (Å²) < 4.78 is 5.44. The van der Waals surface area contributed by atoms with E-state index in [4.69, 9.17) is 4.74 Å². The summed E-state index contributed by atoms with van der Waals surface area (Å²) in [6.45, 7) is 4.67. The molecule has 0 saturated heterocycles. The lowest BCUT2D eigenvalue weighted by atomic mass is 10.2. The van der Waals surface area contributed by atoms with Gasteiger partial charge < -0.3 is 10.1 Å². The minimum atomic E-state index is -0.0278. The summed E-state index contributed by atoms with van der Waals surface area (Å²) in [6, 6.07) is 8.00. The third-order valence-corrected chi connectivity index (χ3v) is 2.08. The summed E-state index contributed by atoms with van der Waals surface area (Å²) in [5, 5.41) is 2.67. The Hall–Kier alpha value is -1.51.